The van der Waals surface area contributed by atoms with Gasteiger partial charge in [0.1, 0.15) is 0 Å². The van der Waals surface area contributed by atoms with Crippen molar-refractivity contribution in [3.8, 4) is 0 Å². The van der Waals surface area contributed by atoms with E-state index in [4.69, 9.17) is 4.74 Å². The Labute approximate surface area is 322 Å². The van der Waals surface area contributed by atoms with Gasteiger partial charge in [-0.15, -0.1) is 0 Å². The van der Waals surface area contributed by atoms with Gasteiger partial charge in [-0.05, 0) is 57.8 Å². The van der Waals surface area contributed by atoms with Crippen LogP contribution in [0.3, 0.4) is 0 Å². The van der Waals surface area contributed by atoms with Crippen LogP contribution in [0.2, 0.25) is 0 Å². The Hall–Kier alpha value is -1.66. The lowest BCUT2D eigenvalue weighted by Gasteiger charge is -2.22. The molecule has 0 aliphatic rings. The molecule has 0 aromatic heterocycles. The molecule has 0 aliphatic carbocycles. The fraction of sp³-hybridized carbons (Fsp3) is 0.870. The number of nitrogens with one attached hydrogen (secondary N) is 1. The lowest BCUT2D eigenvalue weighted by molar-refractivity contribution is -0.143. The van der Waals surface area contributed by atoms with E-state index in [2.05, 4.69) is 43.5 Å². The number of carbonyl (C=O) groups is 2. The Morgan fingerprint density at radius 3 is 1.48 bits per heavy atom. The number of amides is 1. The molecule has 0 aromatic carbocycles. The fourth-order valence-corrected chi connectivity index (χ4v) is 6.73. The van der Waals surface area contributed by atoms with E-state index >= 15 is 0 Å². The highest BCUT2D eigenvalue weighted by Gasteiger charge is 2.20. The Kier molecular flexibility index (Phi) is 40.7. The number of hydrogen-bond donors (Lipinski definition) is 3. The Morgan fingerprint density at radius 2 is 0.962 bits per heavy atom. The standard InChI is InChI=1S/C46H87NO5/c1-3-5-7-9-11-13-14-15-16-17-18-19-24-28-32-36-40-46(51)52-41-37-33-29-25-21-20-23-27-31-35-39-45(50)47-43(42-48)44(49)38-34-30-26-22-12-10-8-6-4-2/h13-14,16-17,43-44,48-49H,3-12,15,18-42H2,1-2H3,(H,47,50)/b14-13-,17-16-. The summed E-state index contributed by atoms with van der Waals surface area (Å²) in [6.45, 7) is 4.84. The van der Waals surface area contributed by atoms with E-state index in [-0.39, 0.29) is 18.5 Å². The van der Waals surface area contributed by atoms with Gasteiger partial charge in [-0.2, -0.15) is 0 Å². The van der Waals surface area contributed by atoms with E-state index in [9.17, 15) is 19.8 Å². The van der Waals surface area contributed by atoms with E-state index in [1.165, 1.54) is 128 Å². The van der Waals surface area contributed by atoms with Crippen LogP contribution in [0.5, 0.6) is 0 Å². The lowest BCUT2D eigenvalue weighted by Crippen LogP contribution is -2.45. The normalized spacial score (nSPS) is 12.9. The monoisotopic (exact) mass is 734 g/mol. The average molecular weight is 734 g/mol. The van der Waals surface area contributed by atoms with Gasteiger partial charge in [0.15, 0.2) is 0 Å². The SMILES string of the molecule is CCCCCC/C=C\C/C=C\CCCCCCCC(=O)OCCCCCCCCCCCCC(=O)NC(CO)C(O)CCCCCCCCCCC. The van der Waals surface area contributed by atoms with Crippen molar-refractivity contribution in [1.29, 1.82) is 0 Å². The maximum Gasteiger partial charge on any atom is 0.305 e. The van der Waals surface area contributed by atoms with Crippen LogP contribution >= 0.6 is 0 Å². The first-order valence-electron chi connectivity index (χ1n) is 22.6. The van der Waals surface area contributed by atoms with Crippen molar-refractivity contribution in [2.75, 3.05) is 13.2 Å². The minimum absolute atomic E-state index is 0.0333. The van der Waals surface area contributed by atoms with Crippen LogP contribution in [-0.4, -0.2) is 47.4 Å². The lowest BCUT2D eigenvalue weighted by atomic mass is 10.0. The molecule has 0 saturated carbocycles. The summed E-state index contributed by atoms with van der Waals surface area (Å²) in [5.41, 5.74) is 0. The van der Waals surface area contributed by atoms with Gasteiger partial charge in [-0.25, -0.2) is 0 Å². The largest absolute Gasteiger partial charge is 0.466 e. The number of ether oxygens (including phenoxy) is 1. The minimum atomic E-state index is -0.677. The van der Waals surface area contributed by atoms with E-state index < -0.39 is 12.1 Å². The van der Waals surface area contributed by atoms with Crippen molar-refractivity contribution < 1.29 is 24.5 Å². The number of carbonyl (C=O) groups excluding carboxylic acids is 2. The van der Waals surface area contributed by atoms with Crippen LogP contribution in [-0.2, 0) is 14.3 Å². The Morgan fingerprint density at radius 1 is 0.538 bits per heavy atom. The van der Waals surface area contributed by atoms with E-state index in [1.54, 1.807) is 0 Å². The summed E-state index contributed by atoms with van der Waals surface area (Å²) in [6, 6.07) is -0.556. The topological polar surface area (TPSA) is 95.9 Å². The molecule has 1 amide bonds. The van der Waals surface area contributed by atoms with Crippen LogP contribution in [0.15, 0.2) is 24.3 Å². The summed E-state index contributed by atoms with van der Waals surface area (Å²) in [5, 5.41) is 23.0. The molecule has 2 atom stereocenters. The summed E-state index contributed by atoms with van der Waals surface area (Å²) in [5.74, 6) is -0.0958. The van der Waals surface area contributed by atoms with E-state index in [1.807, 2.05) is 0 Å². The second kappa shape index (κ2) is 42.1. The predicted octanol–water partition coefficient (Wildman–Crippen LogP) is 12.8. The first-order valence-corrected chi connectivity index (χ1v) is 22.6. The molecule has 0 aliphatic heterocycles. The molecule has 0 radical (unpaired) electrons. The van der Waals surface area contributed by atoms with Gasteiger partial charge < -0.3 is 20.3 Å². The maximum atomic E-state index is 12.4. The molecule has 0 fully saturated rings. The van der Waals surface area contributed by atoms with Gasteiger partial charge in [0.2, 0.25) is 5.91 Å². The third-order valence-corrected chi connectivity index (χ3v) is 10.3. The maximum absolute atomic E-state index is 12.4. The predicted molar refractivity (Wildman–Crippen MR) is 223 cm³/mol. The molecule has 0 saturated heterocycles. The Balaban J connectivity index is 3.48. The van der Waals surface area contributed by atoms with Crippen LogP contribution in [0, 0.1) is 0 Å². The summed E-state index contributed by atoms with van der Waals surface area (Å²) in [4.78, 5) is 24.4. The first kappa shape index (κ1) is 50.3. The van der Waals surface area contributed by atoms with Crippen molar-refractivity contribution in [2.24, 2.45) is 0 Å². The van der Waals surface area contributed by atoms with Crippen LogP contribution in [0.1, 0.15) is 232 Å². The summed E-state index contributed by atoms with van der Waals surface area (Å²) >= 11 is 0. The molecule has 0 heterocycles. The van der Waals surface area contributed by atoms with E-state index in [0.29, 0.717) is 25.9 Å². The summed E-state index contributed by atoms with van der Waals surface area (Å²) in [7, 11) is 0. The third-order valence-electron chi connectivity index (χ3n) is 10.3. The number of hydrogen-bond acceptors (Lipinski definition) is 5. The zero-order valence-electron chi connectivity index (χ0n) is 34.5. The molecule has 52 heavy (non-hydrogen) atoms. The van der Waals surface area contributed by atoms with Gasteiger partial charge in [0.25, 0.3) is 0 Å². The smallest absolute Gasteiger partial charge is 0.305 e. The fourth-order valence-electron chi connectivity index (χ4n) is 6.73. The number of rotatable bonds is 41. The second-order valence-corrected chi connectivity index (χ2v) is 15.4. The minimum Gasteiger partial charge on any atom is -0.466 e. The Bertz CT molecular complexity index is 813. The first-order chi connectivity index (χ1) is 25.5. The number of aliphatic hydroxyl groups excluding tert-OH is 2. The molecule has 0 spiro atoms. The number of esters is 1. The molecular formula is C46H87NO5. The molecule has 6 nitrogen and oxygen atoms in total. The molecule has 306 valence electrons. The zero-order chi connectivity index (χ0) is 38.0. The summed E-state index contributed by atoms with van der Waals surface area (Å²) in [6.07, 6.45) is 47.0. The number of unbranched alkanes of at least 4 members (excludes halogenated alkanes) is 26. The number of allylic oxidation sites excluding steroid dienone is 4. The molecular weight excluding hydrogens is 647 g/mol. The molecule has 2 unspecified atom stereocenters. The highest BCUT2D eigenvalue weighted by atomic mass is 16.5. The molecule has 3 N–H and O–H groups in total. The van der Waals surface area contributed by atoms with Crippen LogP contribution in [0.25, 0.3) is 0 Å². The van der Waals surface area contributed by atoms with Gasteiger partial charge >= 0.3 is 5.97 Å². The summed E-state index contributed by atoms with van der Waals surface area (Å²) < 4.78 is 5.44. The number of aliphatic hydroxyl groups is 2. The van der Waals surface area contributed by atoms with Gasteiger partial charge in [0.05, 0.1) is 25.4 Å². The van der Waals surface area contributed by atoms with Gasteiger partial charge in [-0.3, -0.25) is 9.59 Å². The average Bonchev–Trinajstić information content (AvgIpc) is 3.14. The van der Waals surface area contributed by atoms with Crippen molar-refractivity contribution in [1.82, 2.24) is 5.32 Å². The third kappa shape index (κ3) is 38.1. The van der Waals surface area contributed by atoms with E-state index in [0.717, 1.165) is 70.6 Å². The molecule has 0 bridgehead atoms. The second-order valence-electron chi connectivity index (χ2n) is 15.4. The van der Waals surface area contributed by atoms with Crippen molar-refractivity contribution >= 4 is 11.9 Å². The van der Waals surface area contributed by atoms with Crippen molar-refractivity contribution in [2.45, 2.75) is 244 Å². The van der Waals surface area contributed by atoms with Crippen molar-refractivity contribution in [3.05, 3.63) is 24.3 Å². The quantitative estimate of drug-likeness (QED) is 0.0330. The van der Waals surface area contributed by atoms with Crippen molar-refractivity contribution in [3.63, 3.8) is 0 Å². The van der Waals surface area contributed by atoms with Crippen LogP contribution in [0.4, 0.5) is 0 Å². The highest BCUT2D eigenvalue weighted by Crippen LogP contribution is 2.15. The van der Waals surface area contributed by atoms with Crippen LogP contribution < -0.4 is 5.32 Å². The zero-order valence-corrected chi connectivity index (χ0v) is 34.5. The molecule has 0 rings (SSSR count). The van der Waals surface area contributed by atoms with Gasteiger partial charge in [-0.1, -0.05) is 186 Å². The highest BCUT2D eigenvalue weighted by molar-refractivity contribution is 5.76. The molecule has 6 heteroatoms. The molecule has 0 aromatic rings. The van der Waals surface area contributed by atoms with Gasteiger partial charge in [0, 0.05) is 12.8 Å².